The highest BCUT2D eigenvalue weighted by molar-refractivity contribution is 5.99. The number of benzene rings is 1. The lowest BCUT2D eigenvalue weighted by Gasteiger charge is -2.21. The van der Waals surface area contributed by atoms with Gasteiger partial charge in [-0.05, 0) is 51.2 Å². The number of likely N-dealkylation sites (tertiary alicyclic amines) is 1. The van der Waals surface area contributed by atoms with Crippen molar-refractivity contribution in [2.45, 2.75) is 58.9 Å². The van der Waals surface area contributed by atoms with Gasteiger partial charge in [-0.1, -0.05) is 17.7 Å². The summed E-state index contributed by atoms with van der Waals surface area (Å²) in [7, 11) is 0. The Hall–Kier alpha value is -2.17. The third-order valence-electron chi connectivity index (χ3n) is 4.61. The zero-order valence-electron chi connectivity index (χ0n) is 14.6. The number of nitrogens with zero attached hydrogens (tertiary/aromatic N) is 1. The molecule has 5 nitrogen and oxygen atoms in total. The largest absolute Gasteiger partial charge is 0.480 e. The maximum absolute atomic E-state index is 12.5. The zero-order chi connectivity index (χ0) is 17.9. The molecule has 0 aliphatic carbocycles. The molecule has 1 N–H and O–H groups in total. The molecule has 1 amide bonds. The normalized spacial score (nSPS) is 17.1. The molecule has 2 rings (SSSR count). The van der Waals surface area contributed by atoms with Crippen LogP contribution in [0.5, 0.6) is 0 Å². The van der Waals surface area contributed by atoms with E-state index in [1.54, 1.807) is 0 Å². The topological polar surface area (TPSA) is 74.7 Å². The summed E-state index contributed by atoms with van der Waals surface area (Å²) in [6.07, 6.45) is 2.22. The van der Waals surface area contributed by atoms with E-state index >= 15 is 0 Å². The monoisotopic (exact) mass is 331 g/mol. The van der Waals surface area contributed by atoms with Gasteiger partial charge in [-0.2, -0.15) is 0 Å². The summed E-state index contributed by atoms with van der Waals surface area (Å²) < 4.78 is 0. The molecule has 0 bridgehead atoms. The van der Waals surface area contributed by atoms with E-state index in [1.165, 1.54) is 4.90 Å². The smallest absolute Gasteiger partial charge is 0.326 e. The number of hydrogen-bond donors (Lipinski definition) is 1. The maximum atomic E-state index is 12.5. The molecule has 1 atom stereocenters. The SMILES string of the molecule is Cc1cc(C)c(C(=O)CCCC(=O)N2CCC[C@@H]2C(=O)O)c(C)c1. The number of carboxylic acid groups (broad SMARTS) is 1. The van der Waals surface area contributed by atoms with Gasteiger partial charge in [0.2, 0.25) is 5.91 Å². The second kappa shape index (κ2) is 7.60. The Morgan fingerprint density at radius 3 is 2.33 bits per heavy atom. The number of aryl methyl sites for hydroxylation is 3. The van der Waals surface area contributed by atoms with Crippen LogP contribution in [0.2, 0.25) is 0 Å². The first-order valence-electron chi connectivity index (χ1n) is 8.44. The van der Waals surface area contributed by atoms with Crippen molar-refractivity contribution in [3.8, 4) is 0 Å². The fraction of sp³-hybridized carbons (Fsp3) is 0.526. The minimum absolute atomic E-state index is 0.0500. The van der Waals surface area contributed by atoms with Gasteiger partial charge in [-0.3, -0.25) is 9.59 Å². The second-order valence-electron chi connectivity index (χ2n) is 6.63. The molecule has 0 aromatic heterocycles. The summed E-state index contributed by atoms with van der Waals surface area (Å²) in [5, 5.41) is 9.13. The fourth-order valence-corrected chi connectivity index (χ4v) is 3.61. The quantitative estimate of drug-likeness (QED) is 0.813. The lowest BCUT2D eigenvalue weighted by atomic mass is 9.94. The summed E-state index contributed by atoms with van der Waals surface area (Å²) >= 11 is 0. The molecule has 24 heavy (non-hydrogen) atoms. The molecule has 0 radical (unpaired) electrons. The highest BCUT2D eigenvalue weighted by atomic mass is 16.4. The van der Waals surface area contributed by atoms with E-state index in [1.807, 2.05) is 32.9 Å². The lowest BCUT2D eigenvalue weighted by molar-refractivity contribution is -0.148. The van der Waals surface area contributed by atoms with Gasteiger partial charge in [-0.25, -0.2) is 4.79 Å². The third kappa shape index (κ3) is 4.02. The van der Waals surface area contributed by atoms with Crippen LogP contribution in [0.1, 0.15) is 59.2 Å². The summed E-state index contributed by atoms with van der Waals surface area (Å²) in [4.78, 5) is 37.2. The molecule has 1 fully saturated rings. The van der Waals surface area contributed by atoms with Crippen LogP contribution in [-0.4, -0.2) is 40.3 Å². The average Bonchev–Trinajstić information content (AvgIpc) is 2.95. The molecule has 130 valence electrons. The van der Waals surface area contributed by atoms with Crippen molar-refractivity contribution in [2.24, 2.45) is 0 Å². The zero-order valence-corrected chi connectivity index (χ0v) is 14.6. The number of aliphatic carboxylic acids is 1. The average molecular weight is 331 g/mol. The van der Waals surface area contributed by atoms with Gasteiger partial charge in [0.05, 0.1) is 0 Å². The Morgan fingerprint density at radius 1 is 1.12 bits per heavy atom. The highest BCUT2D eigenvalue weighted by Crippen LogP contribution is 2.21. The summed E-state index contributed by atoms with van der Waals surface area (Å²) in [5.41, 5.74) is 3.81. The van der Waals surface area contributed by atoms with Crippen molar-refractivity contribution in [2.75, 3.05) is 6.54 Å². The van der Waals surface area contributed by atoms with E-state index in [2.05, 4.69) is 0 Å². The number of amides is 1. The number of ketones is 1. The van der Waals surface area contributed by atoms with Crippen LogP contribution in [0.4, 0.5) is 0 Å². The maximum Gasteiger partial charge on any atom is 0.326 e. The Bertz CT molecular complexity index is 642. The molecule has 1 aliphatic heterocycles. The predicted octanol–water partition coefficient (Wildman–Crippen LogP) is 3.04. The van der Waals surface area contributed by atoms with Gasteiger partial charge in [-0.15, -0.1) is 0 Å². The molecule has 0 unspecified atom stereocenters. The Labute approximate surface area is 142 Å². The van der Waals surface area contributed by atoms with Crippen LogP contribution in [0, 0.1) is 20.8 Å². The first kappa shape index (κ1) is 18.2. The van der Waals surface area contributed by atoms with Crippen LogP contribution in [0.3, 0.4) is 0 Å². The van der Waals surface area contributed by atoms with Crippen molar-refractivity contribution in [3.05, 3.63) is 34.4 Å². The first-order chi connectivity index (χ1) is 11.3. The Balaban J connectivity index is 1.91. The van der Waals surface area contributed by atoms with E-state index in [-0.39, 0.29) is 18.1 Å². The number of Topliss-reactive ketones (excluding diaryl/α,β-unsaturated/α-hetero) is 1. The number of carbonyl (C=O) groups excluding carboxylic acids is 2. The molecule has 0 saturated carbocycles. The first-order valence-corrected chi connectivity index (χ1v) is 8.44. The molecule has 1 aromatic rings. The molecule has 1 aliphatic rings. The highest BCUT2D eigenvalue weighted by Gasteiger charge is 2.33. The standard InChI is InChI=1S/C19H25NO4/c1-12-10-13(2)18(14(3)11-12)16(21)7-4-8-17(22)20-9-5-6-15(20)19(23)24/h10-11,15H,4-9H2,1-3H3,(H,23,24)/t15-/m1/s1. The molecular weight excluding hydrogens is 306 g/mol. The van der Waals surface area contributed by atoms with E-state index in [4.69, 9.17) is 5.11 Å². The van der Waals surface area contributed by atoms with E-state index in [0.717, 1.165) is 28.7 Å². The van der Waals surface area contributed by atoms with Crippen LogP contribution < -0.4 is 0 Å². The molecule has 1 saturated heterocycles. The van der Waals surface area contributed by atoms with Gasteiger partial charge >= 0.3 is 5.97 Å². The summed E-state index contributed by atoms with van der Waals surface area (Å²) in [6, 6.07) is 3.29. The van der Waals surface area contributed by atoms with Gasteiger partial charge < -0.3 is 10.0 Å². The minimum atomic E-state index is -0.942. The number of carbonyl (C=O) groups is 3. The van der Waals surface area contributed by atoms with Crippen LogP contribution in [0.15, 0.2) is 12.1 Å². The Kier molecular flexibility index (Phi) is 5.75. The van der Waals surface area contributed by atoms with Crippen LogP contribution in [-0.2, 0) is 9.59 Å². The van der Waals surface area contributed by atoms with Gasteiger partial charge in [0, 0.05) is 24.9 Å². The van der Waals surface area contributed by atoms with Crippen molar-refractivity contribution < 1.29 is 19.5 Å². The Morgan fingerprint density at radius 2 is 1.75 bits per heavy atom. The number of hydrogen-bond acceptors (Lipinski definition) is 3. The van der Waals surface area contributed by atoms with E-state index < -0.39 is 12.0 Å². The molecular formula is C19H25NO4. The molecule has 1 heterocycles. The van der Waals surface area contributed by atoms with Crippen molar-refractivity contribution in [1.82, 2.24) is 4.90 Å². The van der Waals surface area contributed by atoms with E-state index in [0.29, 0.717) is 25.8 Å². The number of rotatable bonds is 6. The van der Waals surface area contributed by atoms with Crippen molar-refractivity contribution in [1.29, 1.82) is 0 Å². The van der Waals surface area contributed by atoms with Crippen molar-refractivity contribution >= 4 is 17.7 Å². The third-order valence-corrected chi connectivity index (χ3v) is 4.61. The molecule has 0 spiro atoms. The van der Waals surface area contributed by atoms with Crippen LogP contribution >= 0.6 is 0 Å². The minimum Gasteiger partial charge on any atom is -0.480 e. The number of carboxylic acids is 1. The molecule has 5 heteroatoms. The fourth-order valence-electron chi connectivity index (χ4n) is 3.61. The van der Waals surface area contributed by atoms with E-state index in [9.17, 15) is 14.4 Å². The summed E-state index contributed by atoms with van der Waals surface area (Å²) in [6.45, 7) is 6.36. The van der Waals surface area contributed by atoms with Gasteiger partial charge in [0.1, 0.15) is 6.04 Å². The lowest BCUT2D eigenvalue weighted by Crippen LogP contribution is -2.40. The van der Waals surface area contributed by atoms with Crippen molar-refractivity contribution in [3.63, 3.8) is 0 Å². The molecule has 1 aromatic carbocycles. The van der Waals surface area contributed by atoms with Crippen LogP contribution in [0.25, 0.3) is 0 Å². The second-order valence-corrected chi connectivity index (χ2v) is 6.63. The summed E-state index contributed by atoms with van der Waals surface area (Å²) in [5.74, 6) is -1.05. The predicted molar refractivity (Wildman–Crippen MR) is 91.2 cm³/mol. The van der Waals surface area contributed by atoms with Gasteiger partial charge in [0.25, 0.3) is 0 Å². The van der Waals surface area contributed by atoms with Gasteiger partial charge in [0.15, 0.2) is 5.78 Å².